The lowest BCUT2D eigenvalue weighted by atomic mass is 10.1. The molecule has 0 aliphatic carbocycles. The molecule has 0 bridgehead atoms. The first-order chi connectivity index (χ1) is 16.6. The highest BCUT2D eigenvalue weighted by Gasteiger charge is 2.23. The molecule has 0 radical (unpaired) electrons. The van der Waals surface area contributed by atoms with Crippen LogP contribution in [0.25, 0.3) is 0 Å². The SMILES string of the molecule is Cc1ccc(CN(C(=O)c2ccc3c(c2)OCO3)c2cccc(CC(=O)N3CCCC3)c2)cc1. The monoisotopic (exact) mass is 456 g/mol. The van der Waals surface area contributed by atoms with Gasteiger partial charge < -0.3 is 19.3 Å². The Hall–Kier alpha value is -3.80. The third-order valence-corrected chi connectivity index (χ3v) is 6.36. The van der Waals surface area contributed by atoms with E-state index in [0.717, 1.165) is 42.7 Å². The molecule has 3 aromatic rings. The van der Waals surface area contributed by atoms with Crippen LogP contribution >= 0.6 is 0 Å². The number of anilines is 1. The lowest BCUT2D eigenvalue weighted by Crippen LogP contribution is -2.31. The van der Waals surface area contributed by atoms with Crippen LogP contribution < -0.4 is 14.4 Å². The van der Waals surface area contributed by atoms with E-state index in [2.05, 4.69) is 0 Å². The van der Waals surface area contributed by atoms with E-state index in [0.29, 0.717) is 30.0 Å². The molecule has 34 heavy (non-hydrogen) atoms. The zero-order valence-corrected chi connectivity index (χ0v) is 19.3. The Morgan fingerprint density at radius 1 is 0.882 bits per heavy atom. The van der Waals surface area contributed by atoms with Crippen molar-refractivity contribution in [2.24, 2.45) is 0 Å². The Morgan fingerprint density at radius 3 is 2.44 bits per heavy atom. The molecular formula is C28H28N2O4. The summed E-state index contributed by atoms with van der Waals surface area (Å²) in [6.45, 7) is 4.28. The maximum absolute atomic E-state index is 13.7. The number of likely N-dealkylation sites (tertiary alicyclic amines) is 1. The molecule has 0 aromatic heterocycles. The summed E-state index contributed by atoms with van der Waals surface area (Å²) >= 11 is 0. The van der Waals surface area contributed by atoms with Crippen molar-refractivity contribution in [2.45, 2.75) is 32.7 Å². The maximum Gasteiger partial charge on any atom is 0.258 e. The molecule has 0 spiro atoms. The molecule has 6 nitrogen and oxygen atoms in total. The average Bonchev–Trinajstić information content (AvgIpc) is 3.55. The Morgan fingerprint density at radius 2 is 1.65 bits per heavy atom. The number of ether oxygens (including phenoxy) is 2. The highest BCUT2D eigenvalue weighted by molar-refractivity contribution is 6.06. The van der Waals surface area contributed by atoms with E-state index in [-0.39, 0.29) is 18.6 Å². The number of amides is 2. The largest absolute Gasteiger partial charge is 0.454 e. The summed E-state index contributed by atoms with van der Waals surface area (Å²) < 4.78 is 10.9. The first-order valence-electron chi connectivity index (χ1n) is 11.7. The zero-order valence-electron chi connectivity index (χ0n) is 19.3. The molecule has 2 heterocycles. The molecule has 0 unspecified atom stereocenters. The Kier molecular flexibility index (Phi) is 6.21. The third kappa shape index (κ3) is 4.76. The van der Waals surface area contributed by atoms with Gasteiger partial charge >= 0.3 is 0 Å². The van der Waals surface area contributed by atoms with Gasteiger partial charge in [-0.1, -0.05) is 42.0 Å². The van der Waals surface area contributed by atoms with Crippen molar-refractivity contribution in [1.82, 2.24) is 4.90 Å². The highest BCUT2D eigenvalue weighted by Crippen LogP contribution is 2.33. The lowest BCUT2D eigenvalue weighted by Gasteiger charge is -2.24. The van der Waals surface area contributed by atoms with Gasteiger partial charge in [-0.25, -0.2) is 0 Å². The van der Waals surface area contributed by atoms with E-state index in [1.165, 1.54) is 5.56 Å². The predicted molar refractivity (Wildman–Crippen MR) is 130 cm³/mol. The van der Waals surface area contributed by atoms with E-state index in [1.807, 2.05) is 60.4 Å². The first kappa shape index (κ1) is 22.0. The van der Waals surface area contributed by atoms with E-state index in [1.54, 1.807) is 23.1 Å². The number of carbonyl (C=O) groups is 2. The van der Waals surface area contributed by atoms with Crippen LogP contribution in [0.15, 0.2) is 66.7 Å². The van der Waals surface area contributed by atoms with Crippen molar-refractivity contribution >= 4 is 17.5 Å². The van der Waals surface area contributed by atoms with Crippen LogP contribution in [0.3, 0.4) is 0 Å². The third-order valence-electron chi connectivity index (χ3n) is 6.36. The van der Waals surface area contributed by atoms with Crippen LogP contribution in [-0.2, 0) is 17.8 Å². The van der Waals surface area contributed by atoms with Crippen LogP contribution in [-0.4, -0.2) is 36.6 Å². The second-order valence-corrected chi connectivity index (χ2v) is 8.88. The van der Waals surface area contributed by atoms with Crippen LogP contribution in [0.4, 0.5) is 5.69 Å². The first-order valence-corrected chi connectivity index (χ1v) is 11.7. The second kappa shape index (κ2) is 9.59. The number of hydrogen-bond acceptors (Lipinski definition) is 4. The summed E-state index contributed by atoms with van der Waals surface area (Å²) in [7, 11) is 0. The van der Waals surface area contributed by atoms with Crippen LogP contribution in [0.1, 0.15) is 39.9 Å². The van der Waals surface area contributed by atoms with Crippen LogP contribution in [0.5, 0.6) is 11.5 Å². The molecule has 1 saturated heterocycles. The molecule has 2 aliphatic heterocycles. The van der Waals surface area contributed by atoms with Crippen molar-refractivity contribution in [3.8, 4) is 11.5 Å². The van der Waals surface area contributed by atoms with Gasteiger partial charge in [-0.05, 0) is 61.2 Å². The molecule has 6 heteroatoms. The molecule has 0 N–H and O–H groups in total. The molecule has 1 fully saturated rings. The summed E-state index contributed by atoms with van der Waals surface area (Å²) in [5, 5.41) is 0. The number of aryl methyl sites for hydroxylation is 1. The quantitative estimate of drug-likeness (QED) is 0.538. The van der Waals surface area contributed by atoms with E-state index in [4.69, 9.17) is 9.47 Å². The van der Waals surface area contributed by atoms with Gasteiger partial charge in [-0.2, -0.15) is 0 Å². The number of fused-ring (bicyclic) bond motifs is 1. The lowest BCUT2D eigenvalue weighted by molar-refractivity contribution is -0.129. The van der Waals surface area contributed by atoms with Crippen molar-refractivity contribution < 1.29 is 19.1 Å². The molecule has 0 saturated carbocycles. The van der Waals surface area contributed by atoms with Crippen LogP contribution in [0.2, 0.25) is 0 Å². The summed E-state index contributed by atoms with van der Waals surface area (Å²) in [6, 6.07) is 21.2. The molecule has 2 amide bonds. The number of benzene rings is 3. The van der Waals surface area contributed by atoms with E-state index in [9.17, 15) is 9.59 Å². The molecular weight excluding hydrogens is 428 g/mol. The Labute approximate surface area is 199 Å². The number of hydrogen-bond donors (Lipinski definition) is 0. The van der Waals surface area contributed by atoms with Gasteiger partial charge in [0.15, 0.2) is 11.5 Å². The van der Waals surface area contributed by atoms with Crippen molar-refractivity contribution in [1.29, 1.82) is 0 Å². The molecule has 2 aliphatic rings. The highest BCUT2D eigenvalue weighted by atomic mass is 16.7. The van der Waals surface area contributed by atoms with Gasteiger partial charge in [-0.15, -0.1) is 0 Å². The standard InChI is InChI=1S/C28H28N2O4/c1-20-7-9-21(10-8-20)18-30(28(32)23-11-12-25-26(17-23)34-19-33-25)24-6-4-5-22(15-24)16-27(31)29-13-2-3-14-29/h4-12,15,17H,2-3,13-14,16,18-19H2,1H3. The Balaban J connectivity index is 1.44. The van der Waals surface area contributed by atoms with E-state index < -0.39 is 0 Å². The van der Waals surface area contributed by atoms with Gasteiger partial charge in [0.05, 0.1) is 13.0 Å². The Bertz CT molecular complexity index is 1200. The number of nitrogens with zero attached hydrogens (tertiary/aromatic N) is 2. The van der Waals surface area contributed by atoms with Crippen molar-refractivity contribution in [2.75, 3.05) is 24.8 Å². The molecule has 174 valence electrons. The summed E-state index contributed by atoms with van der Waals surface area (Å²) in [4.78, 5) is 30.1. The summed E-state index contributed by atoms with van der Waals surface area (Å²) in [5.74, 6) is 1.22. The molecule has 0 atom stereocenters. The zero-order chi connectivity index (χ0) is 23.5. The summed E-state index contributed by atoms with van der Waals surface area (Å²) in [5.41, 5.74) is 4.38. The minimum absolute atomic E-state index is 0.137. The normalized spacial score (nSPS) is 14.3. The van der Waals surface area contributed by atoms with Crippen LogP contribution in [0, 0.1) is 6.92 Å². The topological polar surface area (TPSA) is 59.1 Å². The molecule has 5 rings (SSSR count). The predicted octanol–water partition coefficient (Wildman–Crippen LogP) is 4.74. The average molecular weight is 457 g/mol. The maximum atomic E-state index is 13.7. The molecule has 3 aromatic carbocycles. The van der Waals surface area contributed by atoms with Crippen molar-refractivity contribution in [3.63, 3.8) is 0 Å². The van der Waals surface area contributed by atoms with Gasteiger partial charge in [0.25, 0.3) is 5.91 Å². The summed E-state index contributed by atoms with van der Waals surface area (Å²) in [6.07, 6.45) is 2.48. The minimum atomic E-state index is -0.137. The minimum Gasteiger partial charge on any atom is -0.454 e. The van der Waals surface area contributed by atoms with Gasteiger partial charge in [0.1, 0.15) is 0 Å². The smallest absolute Gasteiger partial charge is 0.258 e. The van der Waals surface area contributed by atoms with Crippen molar-refractivity contribution in [3.05, 3.63) is 89.0 Å². The number of rotatable bonds is 6. The van der Waals surface area contributed by atoms with Gasteiger partial charge in [0, 0.05) is 24.3 Å². The van der Waals surface area contributed by atoms with E-state index >= 15 is 0 Å². The van der Waals surface area contributed by atoms with Gasteiger partial charge in [0.2, 0.25) is 12.7 Å². The van der Waals surface area contributed by atoms with Gasteiger partial charge in [-0.3, -0.25) is 9.59 Å². The fourth-order valence-electron chi connectivity index (χ4n) is 4.43. The fraction of sp³-hybridized carbons (Fsp3) is 0.286. The number of carbonyl (C=O) groups excluding carboxylic acids is 2. The fourth-order valence-corrected chi connectivity index (χ4v) is 4.43. The second-order valence-electron chi connectivity index (χ2n) is 8.88.